The van der Waals surface area contributed by atoms with E-state index in [-0.39, 0.29) is 28.1 Å². The van der Waals surface area contributed by atoms with Crippen LogP contribution in [0.4, 0.5) is 0 Å². The average Bonchev–Trinajstić information content (AvgIpc) is 3.35. The summed E-state index contributed by atoms with van der Waals surface area (Å²) in [5, 5.41) is 13.5. The second kappa shape index (κ2) is 6.68. The van der Waals surface area contributed by atoms with E-state index >= 15 is 0 Å². The maximum absolute atomic E-state index is 13.3. The van der Waals surface area contributed by atoms with E-state index in [0.717, 1.165) is 35.9 Å². The van der Waals surface area contributed by atoms with Crippen LogP contribution in [0.25, 0.3) is 0 Å². The van der Waals surface area contributed by atoms with Crippen molar-refractivity contribution >= 4 is 27.6 Å². The Hall–Kier alpha value is -1.90. The smallest absolute Gasteiger partial charge is 0.335 e. The van der Waals surface area contributed by atoms with Gasteiger partial charge in [-0.05, 0) is 44.9 Å². The number of nitrogens with zero attached hydrogens (tertiary/aromatic N) is 3. The predicted octanol–water partition coefficient (Wildman–Crippen LogP) is 2.74. The summed E-state index contributed by atoms with van der Waals surface area (Å²) in [6.45, 7) is 3.93. The van der Waals surface area contributed by atoms with E-state index < -0.39 is 16.0 Å². The molecule has 0 saturated heterocycles. The number of carboxylic acids is 1. The summed E-state index contributed by atoms with van der Waals surface area (Å²) >= 11 is 6.11. The van der Waals surface area contributed by atoms with Gasteiger partial charge in [0.1, 0.15) is 4.90 Å². The fourth-order valence-corrected chi connectivity index (χ4v) is 5.09. The zero-order chi connectivity index (χ0) is 19.2. The van der Waals surface area contributed by atoms with E-state index in [4.69, 9.17) is 11.6 Å². The van der Waals surface area contributed by atoms with Gasteiger partial charge in [0.25, 0.3) is 0 Å². The van der Waals surface area contributed by atoms with Crippen LogP contribution in [-0.2, 0) is 23.6 Å². The minimum Gasteiger partial charge on any atom is -0.478 e. The van der Waals surface area contributed by atoms with Gasteiger partial charge in [0.2, 0.25) is 10.0 Å². The van der Waals surface area contributed by atoms with Crippen LogP contribution >= 0.6 is 11.6 Å². The molecule has 3 rings (SSSR count). The van der Waals surface area contributed by atoms with Crippen LogP contribution in [0.1, 0.15) is 40.2 Å². The molecule has 0 unspecified atom stereocenters. The SMILES string of the molecule is Cc1nn(C)c(C)c1CN(C1CC1)S(=O)(=O)c1cc(C(=O)O)ccc1Cl. The van der Waals surface area contributed by atoms with Gasteiger partial charge in [0.15, 0.2) is 0 Å². The second-order valence-corrected chi connectivity index (χ2v) is 8.77. The van der Waals surface area contributed by atoms with E-state index in [9.17, 15) is 18.3 Å². The van der Waals surface area contributed by atoms with Crippen LogP contribution in [0.15, 0.2) is 23.1 Å². The van der Waals surface area contributed by atoms with Crippen molar-refractivity contribution in [2.24, 2.45) is 7.05 Å². The number of rotatable bonds is 6. The molecule has 0 amide bonds. The quantitative estimate of drug-likeness (QED) is 0.809. The summed E-state index contributed by atoms with van der Waals surface area (Å²) in [6, 6.07) is 3.62. The molecule has 1 fully saturated rings. The van der Waals surface area contributed by atoms with Gasteiger partial charge in [0, 0.05) is 30.9 Å². The van der Waals surface area contributed by atoms with Crippen LogP contribution in [0.5, 0.6) is 0 Å². The molecule has 1 aromatic carbocycles. The summed E-state index contributed by atoms with van der Waals surface area (Å²) in [5.74, 6) is -1.20. The Morgan fingerprint density at radius 1 is 1.38 bits per heavy atom. The van der Waals surface area contributed by atoms with Crippen LogP contribution in [0, 0.1) is 13.8 Å². The zero-order valence-corrected chi connectivity index (χ0v) is 16.3. The third-order valence-electron chi connectivity index (χ3n) is 4.69. The normalized spacial score (nSPS) is 14.8. The highest BCUT2D eigenvalue weighted by atomic mass is 35.5. The Kier molecular flexibility index (Phi) is 4.85. The van der Waals surface area contributed by atoms with Crippen molar-refractivity contribution in [1.82, 2.24) is 14.1 Å². The molecule has 26 heavy (non-hydrogen) atoms. The number of aryl methyl sites for hydroxylation is 2. The molecule has 1 N–H and O–H groups in total. The fraction of sp³-hybridized carbons (Fsp3) is 0.412. The van der Waals surface area contributed by atoms with E-state index in [1.54, 1.807) is 4.68 Å². The summed E-state index contributed by atoms with van der Waals surface area (Å²) < 4.78 is 29.7. The first kappa shape index (κ1) is 18.9. The minimum absolute atomic E-state index is 0.0141. The van der Waals surface area contributed by atoms with E-state index in [1.807, 2.05) is 20.9 Å². The lowest BCUT2D eigenvalue weighted by molar-refractivity contribution is 0.0696. The van der Waals surface area contributed by atoms with Gasteiger partial charge < -0.3 is 5.11 Å². The molecule has 1 saturated carbocycles. The minimum atomic E-state index is -3.95. The second-order valence-electron chi connectivity index (χ2n) is 6.50. The van der Waals surface area contributed by atoms with Gasteiger partial charge in [-0.15, -0.1) is 0 Å². The number of hydrogen-bond donors (Lipinski definition) is 1. The Balaban J connectivity index is 2.05. The molecule has 1 aromatic heterocycles. The van der Waals surface area contributed by atoms with E-state index in [0.29, 0.717) is 0 Å². The molecule has 2 aromatic rings. The standard InChI is InChI=1S/C17H20ClN3O4S/c1-10-14(11(2)20(3)19-10)9-21(13-5-6-13)26(24,25)16-8-12(17(22)23)4-7-15(16)18/h4,7-8,13H,5-6,9H2,1-3H3,(H,22,23). The van der Waals surface area contributed by atoms with Crippen molar-refractivity contribution in [3.8, 4) is 0 Å². The first-order valence-electron chi connectivity index (χ1n) is 8.16. The van der Waals surface area contributed by atoms with Crippen LogP contribution in [0.2, 0.25) is 5.02 Å². The third kappa shape index (κ3) is 3.36. The lowest BCUT2D eigenvalue weighted by Crippen LogP contribution is -2.33. The maximum atomic E-state index is 13.3. The Labute approximate surface area is 157 Å². The van der Waals surface area contributed by atoms with Crippen molar-refractivity contribution < 1.29 is 18.3 Å². The molecule has 1 heterocycles. The largest absolute Gasteiger partial charge is 0.478 e. The Morgan fingerprint density at radius 3 is 2.54 bits per heavy atom. The van der Waals surface area contributed by atoms with Crippen molar-refractivity contribution in [2.75, 3.05) is 0 Å². The lowest BCUT2D eigenvalue weighted by atomic mass is 10.2. The van der Waals surface area contributed by atoms with Gasteiger partial charge in [-0.25, -0.2) is 13.2 Å². The summed E-state index contributed by atoms with van der Waals surface area (Å²) in [4.78, 5) is 11.1. The van der Waals surface area contributed by atoms with Gasteiger partial charge in [0.05, 0.1) is 16.3 Å². The molecule has 0 spiro atoms. The predicted molar refractivity (Wildman–Crippen MR) is 96.8 cm³/mol. The average molecular weight is 398 g/mol. The highest BCUT2D eigenvalue weighted by Crippen LogP contribution is 2.36. The fourth-order valence-electron chi connectivity index (χ4n) is 2.94. The molecule has 140 valence electrons. The monoisotopic (exact) mass is 397 g/mol. The molecule has 0 bridgehead atoms. The molecule has 0 atom stereocenters. The summed E-state index contributed by atoms with van der Waals surface area (Å²) in [6.07, 6.45) is 1.54. The lowest BCUT2D eigenvalue weighted by Gasteiger charge is -2.23. The summed E-state index contributed by atoms with van der Waals surface area (Å²) in [5.41, 5.74) is 2.41. The van der Waals surface area contributed by atoms with Gasteiger partial charge in [-0.2, -0.15) is 9.40 Å². The number of carboxylic acid groups (broad SMARTS) is 1. The van der Waals surface area contributed by atoms with Crippen LogP contribution in [0.3, 0.4) is 0 Å². The maximum Gasteiger partial charge on any atom is 0.335 e. The topological polar surface area (TPSA) is 92.5 Å². The zero-order valence-electron chi connectivity index (χ0n) is 14.7. The molecule has 7 nitrogen and oxygen atoms in total. The third-order valence-corrected chi connectivity index (χ3v) is 7.07. The number of carbonyl (C=O) groups is 1. The number of benzene rings is 1. The number of hydrogen-bond acceptors (Lipinski definition) is 4. The van der Waals surface area contributed by atoms with Crippen LogP contribution < -0.4 is 0 Å². The Morgan fingerprint density at radius 2 is 2.04 bits per heavy atom. The highest BCUT2D eigenvalue weighted by molar-refractivity contribution is 7.89. The molecule has 9 heteroatoms. The van der Waals surface area contributed by atoms with Crippen molar-refractivity contribution in [1.29, 1.82) is 0 Å². The number of sulfonamides is 1. The van der Waals surface area contributed by atoms with Crippen molar-refractivity contribution in [3.05, 3.63) is 45.7 Å². The molecular weight excluding hydrogens is 378 g/mol. The van der Waals surface area contributed by atoms with Crippen molar-refractivity contribution in [3.63, 3.8) is 0 Å². The molecule has 1 aliphatic carbocycles. The van der Waals surface area contributed by atoms with Crippen LogP contribution in [-0.4, -0.2) is 39.6 Å². The van der Waals surface area contributed by atoms with E-state index in [2.05, 4.69) is 5.10 Å². The molecule has 1 aliphatic rings. The number of aromatic nitrogens is 2. The van der Waals surface area contributed by atoms with Gasteiger partial charge in [-0.1, -0.05) is 11.6 Å². The summed E-state index contributed by atoms with van der Waals surface area (Å²) in [7, 11) is -2.13. The molecule has 0 aliphatic heterocycles. The first-order valence-corrected chi connectivity index (χ1v) is 9.98. The van der Waals surface area contributed by atoms with Crippen molar-refractivity contribution in [2.45, 2.75) is 44.2 Å². The number of aromatic carboxylic acids is 1. The molecular formula is C17H20ClN3O4S. The highest BCUT2D eigenvalue weighted by Gasteiger charge is 2.40. The Bertz CT molecular complexity index is 980. The van der Waals surface area contributed by atoms with Gasteiger partial charge in [-0.3, -0.25) is 4.68 Å². The number of halogens is 1. The molecule has 0 radical (unpaired) electrons. The first-order chi connectivity index (χ1) is 12.1. The van der Waals surface area contributed by atoms with E-state index in [1.165, 1.54) is 16.4 Å². The van der Waals surface area contributed by atoms with Gasteiger partial charge >= 0.3 is 5.97 Å².